The highest BCUT2D eigenvalue weighted by Crippen LogP contribution is 2.37. The highest BCUT2D eigenvalue weighted by Gasteiger charge is 2.45. The molecule has 1 aromatic carbocycles. The van der Waals surface area contributed by atoms with Gasteiger partial charge in [-0.05, 0) is 47.4 Å². The summed E-state index contributed by atoms with van der Waals surface area (Å²) in [5, 5.41) is 21.6. The molecule has 1 fully saturated rings. The molecule has 0 radical (unpaired) electrons. The van der Waals surface area contributed by atoms with Crippen molar-refractivity contribution in [3.8, 4) is 0 Å². The predicted octanol–water partition coefficient (Wildman–Crippen LogP) is 1.72. The lowest BCUT2D eigenvalue weighted by atomic mass is 10.1. The van der Waals surface area contributed by atoms with Crippen LogP contribution in [0.25, 0.3) is 11.0 Å². The second-order valence-electron chi connectivity index (χ2n) is 7.07. The topological polar surface area (TPSA) is 146 Å². The standard InChI is InChI=1S/C18H23BrCl2N4O5/c19-18-24-11-5-8(20)9(21)6-12(11)25(18)16-15(27)14(26)13(30-16)7-29-17(28)10(23)3-1-2-4-22/h5-6,10,13-16,26-27H,1-4,7,22-23H2/t10-,13+,14+,15+,16?/m0/s1. The molecule has 2 aromatic rings. The molecule has 9 nitrogen and oxygen atoms in total. The van der Waals surface area contributed by atoms with E-state index in [-0.39, 0.29) is 6.61 Å². The molecule has 30 heavy (non-hydrogen) atoms. The van der Waals surface area contributed by atoms with Crippen LogP contribution in [-0.4, -0.2) is 63.2 Å². The first-order valence-electron chi connectivity index (χ1n) is 9.41. The van der Waals surface area contributed by atoms with Crippen molar-refractivity contribution in [1.82, 2.24) is 9.55 Å². The number of fused-ring (bicyclic) bond motifs is 1. The third kappa shape index (κ3) is 4.91. The molecule has 1 saturated heterocycles. The van der Waals surface area contributed by atoms with Gasteiger partial charge >= 0.3 is 5.97 Å². The van der Waals surface area contributed by atoms with E-state index in [0.717, 1.165) is 6.42 Å². The zero-order chi connectivity index (χ0) is 22.0. The zero-order valence-electron chi connectivity index (χ0n) is 15.9. The lowest BCUT2D eigenvalue weighted by molar-refractivity contribution is -0.151. The molecule has 0 saturated carbocycles. The van der Waals surface area contributed by atoms with Crippen LogP contribution in [0.4, 0.5) is 0 Å². The van der Waals surface area contributed by atoms with Gasteiger partial charge in [-0.15, -0.1) is 0 Å². The third-order valence-corrected chi connectivity index (χ3v) is 6.22. The van der Waals surface area contributed by atoms with Crippen LogP contribution in [-0.2, 0) is 14.3 Å². The Kier molecular flexibility index (Phi) is 7.97. The van der Waals surface area contributed by atoms with Crippen LogP contribution in [0.2, 0.25) is 10.0 Å². The number of carbonyl (C=O) groups is 1. The molecule has 0 aliphatic carbocycles. The van der Waals surface area contributed by atoms with E-state index < -0.39 is 36.6 Å². The Morgan fingerprint density at radius 3 is 2.70 bits per heavy atom. The maximum absolute atomic E-state index is 12.1. The molecule has 2 heterocycles. The van der Waals surface area contributed by atoms with Crippen LogP contribution in [0.15, 0.2) is 16.9 Å². The molecular weight excluding hydrogens is 503 g/mol. The van der Waals surface area contributed by atoms with Gasteiger partial charge in [0.1, 0.15) is 31.0 Å². The van der Waals surface area contributed by atoms with E-state index in [1.54, 1.807) is 16.7 Å². The first kappa shape index (κ1) is 23.7. The third-order valence-electron chi connectivity index (χ3n) is 4.94. The molecule has 0 bridgehead atoms. The van der Waals surface area contributed by atoms with E-state index in [1.165, 1.54) is 0 Å². The number of nitrogens with two attached hydrogens (primary N) is 2. The monoisotopic (exact) mass is 524 g/mol. The molecule has 6 N–H and O–H groups in total. The van der Waals surface area contributed by atoms with Crippen LogP contribution in [0.1, 0.15) is 25.5 Å². The summed E-state index contributed by atoms with van der Waals surface area (Å²) in [5.41, 5.74) is 12.3. The van der Waals surface area contributed by atoms with Gasteiger partial charge in [-0.2, -0.15) is 0 Å². The smallest absolute Gasteiger partial charge is 0.323 e. The van der Waals surface area contributed by atoms with Gasteiger partial charge in [0.05, 0.1) is 21.1 Å². The number of hydrogen-bond acceptors (Lipinski definition) is 8. The molecule has 12 heteroatoms. The van der Waals surface area contributed by atoms with Gasteiger partial charge in [-0.25, -0.2) is 4.98 Å². The van der Waals surface area contributed by atoms with Gasteiger partial charge in [0.15, 0.2) is 11.0 Å². The van der Waals surface area contributed by atoms with E-state index >= 15 is 0 Å². The van der Waals surface area contributed by atoms with E-state index in [0.29, 0.717) is 45.2 Å². The van der Waals surface area contributed by atoms with Gasteiger partial charge in [0, 0.05) is 0 Å². The second kappa shape index (κ2) is 10.1. The van der Waals surface area contributed by atoms with Gasteiger partial charge in [-0.3, -0.25) is 9.36 Å². The highest BCUT2D eigenvalue weighted by molar-refractivity contribution is 9.10. The van der Waals surface area contributed by atoms with Crippen molar-refractivity contribution >= 4 is 56.1 Å². The number of unbranched alkanes of at least 4 members (excludes halogenated alkanes) is 1. The van der Waals surface area contributed by atoms with Crippen molar-refractivity contribution in [3.63, 3.8) is 0 Å². The average molecular weight is 526 g/mol. The van der Waals surface area contributed by atoms with Crippen molar-refractivity contribution < 1.29 is 24.5 Å². The van der Waals surface area contributed by atoms with Crippen molar-refractivity contribution in [1.29, 1.82) is 0 Å². The summed E-state index contributed by atoms with van der Waals surface area (Å²) < 4.78 is 12.9. The number of benzene rings is 1. The minimum atomic E-state index is -1.30. The number of ether oxygens (including phenoxy) is 2. The summed E-state index contributed by atoms with van der Waals surface area (Å²) >= 11 is 15.5. The van der Waals surface area contributed by atoms with Gasteiger partial charge < -0.3 is 31.2 Å². The predicted molar refractivity (Wildman–Crippen MR) is 115 cm³/mol. The van der Waals surface area contributed by atoms with Gasteiger partial charge in [0.25, 0.3) is 0 Å². The Bertz CT molecular complexity index is 914. The Balaban J connectivity index is 1.70. The van der Waals surface area contributed by atoms with Crippen LogP contribution in [0.5, 0.6) is 0 Å². The largest absolute Gasteiger partial charge is 0.462 e. The van der Waals surface area contributed by atoms with Gasteiger partial charge in [0.2, 0.25) is 0 Å². The first-order valence-corrected chi connectivity index (χ1v) is 11.0. The van der Waals surface area contributed by atoms with E-state index in [9.17, 15) is 15.0 Å². The Morgan fingerprint density at radius 2 is 2.00 bits per heavy atom. The van der Waals surface area contributed by atoms with Crippen LogP contribution in [0, 0.1) is 0 Å². The number of carbonyl (C=O) groups excluding carboxylic acids is 1. The van der Waals surface area contributed by atoms with Crippen molar-refractivity contribution in [3.05, 3.63) is 26.9 Å². The average Bonchev–Trinajstić information content (AvgIpc) is 3.16. The van der Waals surface area contributed by atoms with Crippen LogP contribution in [0.3, 0.4) is 0 Å². The van der Waals surface area contributed by atoms with Crippen LogP contribution >= 0.6 is 39.1 Å². The summed E-state index contributed by atoms with van der Waals surface area (Å²) in [6, 6.07) is 2.39. The number of nitrogens with zero attached hydrogens (tertiary/aromatic N) is 2. The maximum atomic E-state index is 12.1. The number of imidazole rings is 1. The molecule has 1 aromatic heterocycles. The highest BCUT2D eigenvalue weighted by atomic mass is 79.9. The summed E-state index contributed by atoms with van der Waals surface area (Å²) in [7, 11) is 0. The van der Waals surface area contributed by atoms with E-state index in [2.05, 4.69) is 20.9 Å². The Morgan fingerprint density at radius 1 is 1.30 bits per heavy atom. The van der Waals surface area contributed by atoms with E-state index in [1.807, 2.05) is 0 Å². The molecule has 5 atom stereocenters. The summed E-state index contributed by atoms with van der Waals surface area (Å²) in [6.07, 6.45) is -2.59. The maximum Gasteiger partial charge on any atom is 0.323 e. The number of aliphatic hydroxyl groups excluding tert-OH is 2. The molecular formula is C18H23BrCl2N4O5. The molecule has 1 unspecified atom stereocenters. The fraction of sp³-hybridized carbons (Fsp3) is 0.556. The first-order chi connectivity index (χ1) is 14.2. The van der Waals surface area contributed by atoms with Crippen molar-refractivity contribution in [2.75, 3.05) is 13.2 Å². The molecule has 1 aliphatic rings. The SMILES string of the molecule is NCCCC[C@H](N)C(=O)OC[C@H]1OC(n2c(Br)nc3cc(Cl)c(Cl)cc32)[C@H](O)[C@@H]1O. The van der Waals surface area contributed by atoms with Crippen LogP contribution < -0.4 is 11.5 Å². The second-order valence-corrected chi connectivity index (χ2v) is 8.60. The zero-order valence-corrected chi connectivity index (χ0v) is 19.0. The van der Waals surface area contributed by atoms with Gasteiger partial charge in [-0.1, -0.05) is 29.6 Å². The number of aromatic nitrogens is 2. The quantitative estimate of drug-likeness (QED) is 0.301. The molecule has 166 valence electrons. The fourth-order valence-electron chi connectivity index (χ4n) is 3.28. The normalized spacial score (nSPS) is 25.0. The van der Waals surface area contributed by atoms with Crippen molar-refractivity contribution in [2.24, 2.45) is 11.5 Å². The Labute approximate surface area is 191 Å². The number of rotatable bonds is 8. The minimum absolute atomic E-state index is 0.255. The summed E-state index contributed by atoms with van der Waals surface area (Å²) in [6.45, 7) is 0.272. The lowest BCUT2D eigenvalue weighted by Crippen LogP contribution is -2.38. The number of hydrogen-bond donors (Lipinski definition) is 4. The number of halogens is 3. The number of aliphatic hydroxyl groups is 2. The Hall–Kier alpha value is -0.980. The number of esters is 1. The molecule has 0 spiro atoms. The van der Waals surface area contributed by atoms with E-state index in [4.69, 9.17) is 44.1 Å². The summed E-state index contributed by atoms with van der Waals surface area (Å²) in [4.78, 5) is 16.4. The molecule has 3 rings (SSSR count). The van der Waals surface area contributed by atoms with Crippen molar-refractivity contribution in [2.45, 2.75) is 49.8 Å². The minimum Gasteiger partial charge on any atom is -0.462 e. The molecule has 0 amide bonds. The fourth-order valence-corrected chi connectivity index (χ4v) is 4.18. The molecule has 1 aliphatic heterocycles. The summed E-state index contributed by atoms with van der Waals surface area (Å²) in [5.74, 6) is -0.601. The lowest BCUT2D eigenvalue weighted by Gasteiger charge is -2.18.